The number of nitrogens with zero attached hydrogens (tertiary/aromatic N) is 1. The number of rotatable bonds is 5. The molecule has 0 aromatic heterocycles. The molecule has 0 unspecified atom stereocenters. The SMILES string of the molecule is Cc1ccc(C(=O)N2CCC(OCCCN)CC2)c(Cl)c1. The number of piperidine rings is 1. The highest BCUT2D eigenvalue weighted by atomic mass is 35.5. The molecule has 1 aliphatic rings. The summed E-state index contributed by atoms with van der Waals surface area (Å²) in [6.07, 6.45) is 2.88. The highest BCUT2D eigenvalue weighted by Crippen LogP contribution is 2.22. The molecule has 1 aliphatic heterocycles. The molecule has 5 heteroatoms. The number of hydrogen-bond acceptors (Lipinski definition) is 3. The van der Waals surface area contributed by atoms with Gasteiger partial charge in [-0.1, -0.05) is 17.7 Å². The van der Waals surface area contributed by atoms with Gasteiger partial charge in [-0.3, -0.25) is 4.79 Å². The van der Waals surface area contributed by atoms with Gasteiger partial charge >= 0.3 is 0 Å². The van der Waals surface area contributed by atoms with Gasteiger partial charge in [0, 0.05) is 19.7 Å². The number of carbonyl (C=O) groups excluding carboxylic acids is 1. The number of aryl methyl sites for hydroxylation is 1. The van der Waals surface area contributed by atoms with Gasteiger partial charge < -0.3 is 15.4 Å². The Balaban J connectivity index is 1.88. The van der Waals surface area contributed by atoms with E-state index in [1.54, 1.807) is 0 Å². The van der Waals surface area contributed by atoms with E-state index >= 15 is 0 Å². The maximum absolute atomic E-state index is 12.5. The van der Waals surface area contributed by atoms with E-state index in [0.29, 0.717) is 23.7 Å². The monoisotopic (exact) mass is 310 g/mol. The van der Waals surface area contributed by atoms with Crippen LogP contribution in [0.25, 0.3) is 0 Å². The second-order valence-electron chi connectivity index (χ2n) is 5.49. The molecule has 1 heterocycles. The van der Waals surface area contributed by atoms with Gasteiger partial charge in [-0.2, -0.15) is 0 Å². The van der Waals surface area contributed by atoms with Crippen molar-refractivity contribution in [3.8, 4) is 0 Å². The smallest absolute Gasteiger partial charge is 0.255 e. The zero-order valence-electron chi connectivity index (χ0n) is 12.5. The van der Waals surface area contributed by atoms with Crippen molar-refractivity contribution in [2.45, 2.75) is 32.3 Å². The van der Waals surface area contributed by atoms with Crippen molar-refractivity contribution in [1.82, 2.24) is 4.90 Å². The van der Waals surface area contributed by atoms with E-state index in [9.17, 15) is 4.79 Å². The molecule has 0 aliphatic carbocycles. The maximum Gasteiger partial charge on any atom is 0.255 e. The van der Waals surface area contributed by atoms with E-state index in [0.717, 1.165) is 37.9 Å². The molecule has 2 N–H and O–H groups in total. The number of carbonyl (C=O) groups is 1. The predicted octanol–water partition coefficient (Wildman–Crippen LogP) is 2.62. The topological polar surface area (TPSA) is 55.6 Å². The summed E-state index contributed by atoms with van der Waals surface area (Å²) in [7, 11) is 0. The van der Waals surface area contributed by atoms with Crippen molar-refractivity contribution < 1.29 is 9.53 Å². The Morgan fingerprint density at radius 2 is 2.14 bits per heavy atom. The van der Waals surface area contributed by atoms with Crippen molar-refractivity contribution in [3.05, 3.63) is 34.3 Å². The fraction of sp³-hybridized carbons (Fsp3) is 0.562. The lowest BCUT2D eigenvalue weighted by Gasteiger charge is -2.32. The third-order valence-corrected chi connectivity index (χ3v) is 4.10. The molecule has 116 valence electrons. The highest BCUT2D eigenvalue weighted by molar-refractivity contribution is 6.33. The molecule has 1 aromatic rings. The van der Waals surface area contributed by atoms with Crippen LogP contribution in [0.2, 0.25) is 5.02 Å². The summed E-state index contributed by atoms with van der Waals surface area (Å²) in [4.78, 5) is 14.3. The molecule has 0 bridgehead atoms. The molecule has 2 rings (SSSR count). The first kappa shape index (κ1) is 16.3. The molecule has 1 fully saturated rings. The quantitative estimate of drug-likeness (QED) is 0.851. The standard InChI is InChI=1S/C16H23ClN2O2/c1-12-3-4-14(15(17)11-12)16(20)19-8-5-13(6-9-19)21-10-2-7-18/h3-4,11,13H,2,5-10,18H2,1H3. The minimum absolute atomic E-state index is 0.0143. The van der Waals surface area contributed by atoms with Crippen LogP contribution in [0.1, 0.15) is 35.2 Å². The predicted molar refractivity (Wildman–Crippen MR) is 84.7 cm³/mol. The Morgan fingerprint density at radius 1 is 1.43 bits per heavy atom. The summed E-state index contributed by atoms with van der Waals surface area (Å²) in [5.41, 5.74) is 7.10. The molecule has 0 radical (unpaired) electrons. The van der Waals surface area contributed by atoms with E-state index in [4.69, 9.17) is 22.1 Å². The van der Waals surface area contributed by atoms with Gasteiger partial charge in [0.15, 0.2) is 0 Å². The van der Waals surface area contributed by atoms with E-state index in [2.05, 4.69) is 0 Å². The molecule has 21 heavy (non-hydrogen) atoms. The summed E-state index contributed by atoms with van der Waals surface area (Å²) in [6, 6.07) is 5.56. The Bertz CT molecular complexity index is 485. The number of nitrogens with two attached hydrogens (primary N) is 1. The molecule has 1 aromatic carbocycles. The molecule has 0 spiro atoms. The summed E-state index contributed by atoms with van der Waals surface area (Å²) >= 11 is 6.17. The minimum Gasteiger partial charge on any atom is -0.378 e. The highest BCUT2D eigenvalue weighted by Gasteiger charge is 2.25. The van der Waals surface area contributed by atoms with Crippen LogP contribution in [-0.2, 0) is 4.74 Å². The second-order valence-corrected chi connectivity index (χ2v) is 5.90. The Kier molecular flexibility index (Phi) is 6.03. The van der Waals surface area contributed by atoms with E-state index in [1.807, 2.05) is 30.0 Å². The Labute approximate surface area is 131 Å². The van der Waals surface area contributed by atoms with Crippen LogP contribution >= 0.6 is 11.6 Å². The van der Waals surface area contributed by atoms with Crippen LogP contribution in [-0.4, -0.2) is 43.2 Å². The first-order chi connectivity index (χ1) is 10.1. The van der Waals surface area contributed by atoms with Crippen molar-refractivity contribution in [2.75, 3.05) is 26.2 Å². The van der Waals surface area contributed by atoms with E-state index in [-0.39, 0.29) is 12.0 Å². The normalized spacial score (nSPS) is 16.2. The first-order valence-corrected chi connectivity index (χ1v) is 7.86. The van der Waals surface area contributed by atoms with Gasteiger partial charge in [0.25, 0.3) is 5.91 Å². The largest absolute Gasteiger partial charge is 0.378 e. The average Bonchev–Trinajstić information content (AvgIpc) is 2.48. The lowest BCUT2D eigenvalue weighted by molar-refractivity contribution is 0.00845. The number of hydrogen-bond donors (Lipinski definition) is 1. The first-order valence-electron chi connectivity index (χ1n) is 7.49. The van der Waals surface area contributed by atoms with Gasteiger partial charge in [-0.05, 0) is 50.4 Å². The molecule has 0 saturated carbocycles. The number of amides is 1. The Hall–Kier alpha value is -1.10. The molecule has 1 saturated heterocycles. The Morgan fingerprint density at radius 3 is 2.76 bits per heavy atom. The van der Waals surface area contributed by atoms with Crippen LogP contribution in [0, 0.1) is 6.92 Å². The molecule has 4 nitrogen and oxygen atoms in total. The van der Waals surface area contributed by atoms with Crippen LogP contribution < -0.4 is 5.73 Å². The maximum atomic E-state index is 12.5. The second kappa shape index (κ2) is 7.78. The zero-order chi connectivity index (χ0) is 15.2. The number of likely N-dealkylation sites (tertiary alicyclic amines) is 1. The van der Waals surface area contributed by atoms with Gasteiger partial charge in [-0.25, -0.2) is 0 Å². The van der Waals surface area contributed by atoms with Crippen LogP contribution in [0.3, 0.4) is 0 Å². The lowest BCUT2D eigenvalue weighted by atomic mass is 10.1. The average molecular weight is 311 g/mol. The fourth-order valence-electron chi connectivity index (χ4n) is 2.52. The number of benzene rings is 1. The zero-order valence-corrected chi connectivity index (χ0v) is 13.2. The summed E-state index contributed by atoms with van der Waals surface area (Å²) in [5.74, 6) is 0.0143. The van der Waals surface area contributed by atoms with Gasteiger partial charge in [-0.15, -0.1) is 0 Å². The van der Waals surface area contributed by atoms with Crippen molar-refractivity contribution in [3.63, 3.8) is 0 Å². The summed E-state index contributed by atoms with van der Waals surface area (Å²) in [5, 5.41) is 0.529. The lowest BCUT2D eigenvalue weighted by Crippen LogP contribution is -2.41. The third kappa shape index (κ3) is 4.43. The van der Waals surface area contributed by atoms with E-state index in [1.165, 1.54) is 0 Å². The van der Waals surface area contributed by atoms with Gasteiger partial charge in [0.05, 0.1) is 16.7 Å². The van der Waals surface area contributed by atoms with Crippen LogP contribution in [0.15, 0.2) is 18.2 Å². The van der Waals surface area contributed by atoms with Gasteiger partial charge in [0.2, 0.25) is 0 Å². The van der Waals surface area contributed by atoms with Crippen LogP contribution in [0.5, 0.6) is 0 Å². The molecular weight excluding hydrogens is 288 g/mol. The fourth-order valence-corrected chi connectivity index (χ4v) is 2.84. The van der Waals surface area contributed by atoms with Crippen molar-refractivity contribution >= 4 is 17.5 Å². The number of halogens is 1. The molecule has 0 atom stereocenters. The third-order valence-electron chi connectivity index (χ3n) is 3.79. The van der Waals surface area contributed by atoms with Crippen LogP contribution in [0.4, 0.5) is 0 Å². The minimum atomic E-state index is 0.0143. The van der Waals surface area contributed by atoms with Crippen molar-refractivity contribution in [2.24, 2.45) is 5.73 Å². The van der Waals surface area contributed by atoms with Gasteiger partial charge in [0.1, 0.15) is 0 Å². The molecular formula is C16H23ClN2O2. The number of ether oxygens (including phenoxy) is 1. The molecule has 1 amide bonds. The summed E-state index contributed by atoms with van der Waals surface area (Å²) in [6.45, 7) is 4.76. The van der Waals surface area contributed by atoms with E-state index < -0.39 is 0 Å². The van der Waals surface area contributed by atoms with Crippen molar-refractivity contribution in [1.29, 1.82) is 0 Å². The summed E-state index contributed by atoms with van der Waals surface area (Å²) < 4.78 is 5.75.